The van der Waals surface area contributed by atoms with E-state index in [2.05, 4.69) is 79.3 Å². The summed E-state index contributed by atoms with van der Waals surface area (Å²) in [6.07, 6.45) is 10.9. The average Bonchev–Trinajstić information content (AvgIpc) is 2.96. The van der Waals surface area contributed by atoms with Gasteiger partial charge in [0, 0.05) is 28.3 Å². The lowest BCUT2D eigenvalue weighted by Crippen LogP contribution is -2.32. The highest BCUT2D eigenvalue weighted by molar-refractivity contribution is 7.12. The largest absolute Gasteiger partial charge is 0.205 e. The van der Waals surface area contributed by atoms with Gasteiger partial charge in [0.05, 0.1) is 0 Å². The van der Waals surface area contributed by atoms with Crippen LogP contribution in [-0.4, -0.2) is 0 Å². The van der Waals surface area contributed by atoms with Crippen LogP contribution in [0, 0.1) is 13.8 Å². The first-order chi connectivity index (χ1) is 12.2. The van der Waals surface area contributed by atoms with E-state index in [4.69, 9.17) is 0 Å². The summed E-state index contributed by atoms with van der Waals surface area (Å²) in [6.45, 7) is 5.58. The van der Waals surface area contributed by atoms with Crippen molar-refractivity contribution in [1.82, 2.24) is 0 Å². The van der Waals surface area contributed by atoms with Gasteiger partial charge in [-0.2, -0.15) is 0 Å². The van der Waals surface area contributed by atoms with Crippen molar-refractivity contribution in [2.75, 3.05) is 0 Å². The fourth-order valence-corrected chi connectivity index (χ4v) is 4.30. The zero-order valence-corrected chi connectivity index (χ0v) is 16.2. The second-order valence-corrected chi connectivity index (χ2v) is 8.25. The summed E-state index contributed by atoms with van der Waals surface area (Å²) < 4.78 is 2.30. The number of aromatic nitrogens is 1. The third-order valence-electron chi connectivity index (χ3n) is 4.75. The summed E-state index contributed by atoms with van der Waals surface area (Å²) in [5.41, 5.74) is 4.14. The summed E-state index contributed by atoms with van der Waals surface area (Å²) in [6, 6.07) is 17.4. The Morgan fingerprint density at radius 1 is 0.800 bits per heavy atom. The lowest BCUT2D eigenvalue weighted by molar-refractivity contribution is -0.697. The Kier molecular flexibility index (Phi) is 6.41. The number of aryl methyl sites for hydroxylation is 4. The molecule has 0 aliphatic heterocycles. The van der Waals surface area contributed by atoms with E-state index in [1.165, 1.54) is 53.0 Å². The van der Waals surface area contributed by atoms with E-state index in [1.807, 2.05) is 11.3 Å². The molecular weight excluding hydrogens is 322 g/mol. The molecule has 1 aromatic carbocycles. The van der Waals surface area contributed by atoms with Crippen LogP contribution in [0.4, 0.5) is 0 Å². The van der Waals surface area contributed by atoms with Crippen molar-refractivity contribution in [2.24, 2.45) is 0 Å². The fraction of sp³-hybridized carbons (Fsp3) is 0.348. The molecule has 1 nitrogen and oxygen atoms in total. The van der Waals surface area contributed by atoms with Crippen LogP contribution in [0.25, 0.3) is 11.1 Å². The molecule has 0 amide bonds. The normalized spacial score (nSPS) is 11.0. The van der Waals surface area contributed by atoms with Gasteiger partial charge in [0.25, 0.3) is 0 Å². The minimum Gasteiger partial charge on any atom is -0.205 e. The predicted octanol–water partition coefficient (Wildman–Crippen LogP) is 6.12. The Morgan fingerprint density at radius 2 is 1.48 bits per heavy atom. The lowest BCUT2D eigenvalue weighted by Gasteiger charge is -2.02. The van der Waals surface area contributed by atoms with Gasteiger partial charge in [-0.15, -0.1) is 11.3 Å². The van der Waals surface area contributed by atoms with Crippen molar-refractivity contribution in [2.45, 2.75) is 52.5 Å². The SMILES string of the molecule is Cc1cc(CCCCCC[n+]2ccc(-c3ccccc3)cc2)c(C)s1. The molecule has 130 valence electrons. The van der Waals surface area contributed by atoms with Gasteiger partial charge in [-0.3, -0.25) is 0 Å². The van der Waals surface area contributed by atoms with Crippen molar-refractivity contribution >= 4 is 11.3 Å². The second-order valence-electron chi connectivity index (χ2n) is 6.79. The van der Waals surface area contributed by atoms with Crippen LogP contribution in [0.2, 0.25) is 0 Å². The van der Waals surface area contributed by atoms with Crippen LogP contribution in [0.5, 0.6) is 0 Å². The molecule has 0 aliphatic carbocycles. The third-order valence-corrected chi connectivity index (χ3v) is 5.76. The molecule has 0 spiro atoms. The monoisotopic (exact) mass is 350 g/mol. The molecule has 25 heavy (non-hydrogen) atoms. The lowest BCUT2D eigenvalue weighted by atomic mass is 10.1. The number of thiophene rings is 1. The number of benzene rings is 1. The summed E-state index contributed by atoms with van der Waals surface area (Å²) in [5, 5.41) is 0. The maximum Gasteiger partial charge on any atom is 0.169 e. The molecule has 3 rings (SSSR count). The van der Waals surface area contributed by atoms with E-state index in [0.29, 0.717) is 0 Å². The van der Waals surface area contributed by atoms with Crippen LogP contribution in [0.1, 0.15) is 41.0 Å². The van der Waals surface area contributed by atoms with E-state index in [1.54, 1.807) is 5.56 Å². The molecule has 0 aliphatic rings. The Labute approximate surface area is 156 Å². The first kappa shape index (κ1) is 17.9. The molecular formula is C23H28NS+. The number of unbranched alkanes of at least 4 members (excludes halogenated alkanes) is 3. The third kappa shape index (κ3) is 5.27. The van der Waals surface area contributed by atoms with Crippen LogP contribution < -0.4 is 4.57 Å². The number of hydrogen-bond donors (Lipinski definition) is 0. The summed E-state index contributed by atoms with van der Waals surface area (Å²) >= 11 is 1.93. The van der Waals surface area contributed by atoms with E-state index in [0.717, 1.165) is 6.54 Å². The maximum atomic E-state index is 2.37. The Balaban J connectivity index is 1.37. The fourth-order valence-electron chi connectivity index (χ4n) is 3.32. The second kappa shape index (κ2) is 8.96. The molecule has 0 atom stereocenters. The summed E-state index contributed by atoms with van der Waals surface area (Å²) in [4.78, 5) is 2.95. The minimum atomic E-state index is 1.12. The standard InChI is InChI=1S/C23H28NS/c1-19-18-23(20(2)25-19)12-6-3-4-9-15-24-16-13-22(14-17-24)21-10-7-5-8-11-21/h5,7-8,10-11,13-14,16-18H,3-4,6,9,12,15H2,1-2H3/q+1. The molecule has 0 N–H and O–H groups in total. The van der Waals surface area contributed by atoms with Crippen molar-refractivity contribution in [3.05, 3.63) is 76.2 Å². The van der Waals surface area contributed by atoms with Crippen molar-refractivity contribution in [3.63, 3.8) is 0 Å². The molecule has 0 saturated heterocycles. The van der Waals surface area contributed by atoms with E-state index >= 15 is 0 Å². The van der Waals surface area contributed by atoms with Crippen LogP contribution in [0.15, 0.2) is 60.9 Å². The molecule has 2 heteroatoms. The predicted molar refractivity (Wildman–Crippen MR) is 108 cm³/mol. The van der Waals surface area contributed by atoms with Crippen molar-refractivity contribution in [3.8, 4) is 11.1 Å². The average molecular weight is 351 g/mol. The molecule has 2 aromatic heterocycles. The van der Waals surface area contributed by atoms with Crippen molar-refractivity contribution in [1.29, 1.82) is 0 Å². The molecule has 0 radical (unpaired) electrons. The van der Waals surface area contributed by atoms with E-state index in [9.17, 15) is 0 Å². The quantitative estimate of drug-likeness (QED) is 0.340. The topological polar surface area (TPSA) is 3.88 Å². The van der Waals surface area contributed by atoms with Gasteiger partial charge >= 0.3 is 0 Å². The van der Waals surface area contributed by atoms with Gasteiger partial charge in [-0.1, -0.05) is 36.8 Å². The van der Waals surface area contributed by atoms with E-state index in [-0.39, 0.29) is 0 Å². The smallest absolute Gasteiger partial charge is 0.169 e. The highest BCUT2D eigenvalue weighted by Crippen LogP contribution is 2.22. The molecule has 0 bridgehead atoms. The first-order valence-corrected chi connectivity index (χ1v) is 10.1. The van der Waals surface area contributed by atoms with E-state index < -0.39 is 0 Å². The summed E-state index contributed by atoms with van der Waals surface area (Å²) in [7, 11) is 0. The molecule has 2 heterocycles. The minimum absolute atomic E-state index is 1.12. The highest BCUT2D eigenvalue weighted by Gasteiger charge is 2.04. The van der Waals surface area contributed by atoms with Gasteiger partial charge in [-0.05, 0) is 55.9 Å². The first-order valence-electron chi connectivity index (χ1n) is 9.33. The van der Waals surface area contributed by atoms with Gasteiger partial charge in [0.15, 0.2) is 12.4 Å². The molecule has 0 saturated carbocycles. The van der Waals surface area contributed by atoms with Gasteiger partial charge < -0.3 is 0 Å². The molecule has 0 unspecified atom stereocenters. The number of hydrogen-bond acceptors (Lipinski definition) is 1. The summed E-state index contributed by atoms with van der Waals surface area (Å²) in [5.74, 6) is 0. The Morgan fingerprint density at radius 3 is 2.16 bits per heavy atom. The van der Waals surface area contributed by atoms with Crippen LogP contribution >= 0.6 is 11.3 Å². The Hall–Kier alpha value is -1.93. The molecule has 3 aromatic rings. The van der Waals surface area contributed by atoms with Gasteiger partial charge in [0.1, 0.15) is 6.54 Å². The van der Waals surface area contributed by atoms with Gasteiger partial charge in [0.2, 0.25) is 0 Å². The molecule has 0 fully saturated rings. The number of rotatable bonds is 8. The van der Waals surface area contributed by atoms with Crippen LogP contribution in [0.3, 0.4) is 0 Å². The number of pyridine rings is 1. The Bertz CT molecular complexity index is 772. The zero-order chi connectivity index (χ0) is 17.5. The zero-order valence-electron chi connectivity index (χ0n) is 15.4. The maximum absolute atomic E-state index is 2.37. The van der Waals surface area contributed by atoms with Crippen LogP contribution in [-0.2, 0) is 13.0 Å². The highest BCUT2D eigenvalue weighted by atomic mass is 32.1. The van der Waals surface area contributed by atoms with Crippen molar-refractivity contribution < 1.29 is 4.57 Å². The van der Waals surface area contributed by atoms with Gasteiger partial charge in [-0.25, -0.2) is 4.57 Å². The number of nitrogens with zero attached hydrogens (tertiary/aromatic N) is 1.